The van der Waals surface area contributed by atoms with Crippen molar-refractivity contribution < 1.29 is 22.7 Å². The van der Waals surface area contributed by atoms with Crippen molar-refractivity contribution in [3.63, 3.8) is 0 Å². The molecule has 27 heavy (non-hydrogen) atoms. The third-order valence-corrected chi connectivity index (χ3v) is 6.92. The van der Waals surface area contributed by atoms with Gasteiger partial charge < -0.3 is 19.7 Å². The fourth-order valence-electron chi connectivity index (χ4n) is 3.82. The van der Waals surface area contributed by atoms with Crippen LogP contribution in [0.1, 0.15) is 33.1 Å². The topological polar surface area (TPSA) is 97.0 Å². The van der Waals surface area contributed by atoms with E-state index < -0.39 is 27.1 Å². The predicted molar refractivity (Wildman–Crippen MR) is 100 cm³/mol. The number of hydrogen-bond acceptors (Lipinski definition) is 6. The van der Waals surface area contributed by atoms with Crippen LogP contribution in [0.4, 0.5) is 5.69 Å². The number of benzene rings is 1. The molecule has 0 aromatic heterocycles. The average molecular weight is 395 g/mol. The molecule has 1 amide bonds. The largest absolute Gasteiger partial charge is 0.449 e. The van der Waals surface area contributed by atoms with Crippen LogP contribution in [0.25, 0.3) is 0 Å². The highest BCUT2D eigenvalue weighted by Gasteiger charge is 2.39. The van der Waals surface area contributed by atoms with Gasteiger partial charge in [0.2, 0.25) is 21.7 Å². The van der Waals surface area contributed by atoms with E-state index in [1.165, 1.54) is 0 Å². The third kappa shape index (κ3) is 3.70. The molecular weight excluding hydrogens is 370 g/mol. The summed E-state index contributed by atoms with van der Waals surface area (Å²) in [6.07, 6.45) is 2.31. The van der Waals surface area contributed by atoms with E-state index in [1.54, 1.807) is 32.0 Å². The van der Waals surface area contributed by atoms with E-state index in [0.29, 0.717) is 17.2 Å². The van der Waals surface area contributed by atoms with Gasteiger partial charge in [-0.2, -0.15) is 0 Å². The Morgan fingerprint density at radius 1 is 1.22 bits per heavy atom. The first-order valence-electron chi connectivity index (χ1n) is 9.29. The van der Waals surface area contributed by atoms with Gasteiger partial charge in [-0.1, -0.05) is 0 Å². The van der Waals surface area contributed by atoms with Crippen LogP contribution < -0.4 is 19.5 Å². The number of likely N-dealkylation sites (tertiary alicyclic amines) is 1. The second-order valence-electron chi connectivity index (χ2n) is 7.76. The molecule has 9 heteroatoms. The Morgan fingerprint density at radius 3 is 2.67 bits per heavy atom. The molecule has 0 radical (unpaired) electrons. The summed E-state index contributed by atoms with van der Waals surface area (Å²) in [5, 5.41) is 2.42. The summed E-state index contributed by atoms with van der Waals surface area (Å²) in [4.78, 5) is 14.3. The number of carbonyl (C=O) groups is 1. The molecule has 0 aliphatic carbocycles. The zero-order chi connectivity index (χ0) is 19.2. The van der Waals surface area contributed by atoms with E-state index in [4.69, 9.17) is 9.47 Å². The van der Waals surface area contributed by atoms with Crippen molar-refractivity contribution in [2.45, 2.75) is 50.2 Å². The van der Waals surface area contributed by atoms with Gasteiger partial charge in [0.1, 0.15) is 0 Å². The normalized spacial score (nSPS) is 26.4. The lowest BCUT2D eigenvalue weighted by Crippen LogP contribution is -2.42. The van der Waals surface area contributed by atoms with Crippen LogP contribution >= 0.6 is 0 Å². The van der Waals surface area contributed by atoms with Gasteiger partial charge in [0.05, 0.1) is 17.0 Å². The first-order valence-corrected chi connectivity index (χ1v) is 10.8. The Kier molecular flexibility index (Phi) is 4.46. The number of anilines is 1. The molecule has 3 aliphatic rings. The maximum Gasteiger partial charge on any atom is 0.246 e. The molecule has 1 aromatic rings. The van der Waals surface area contributed by atoms with E-state index in [-0.39, 0.29) is 18.9 Å². The highest BCUT2D eigenvalue weighted by molar-refractivity contribution is 7.93. The van der Waals surface area contributed by atoms with Crippen LogP contribution in [0, 0.1) is 0 Å². The minimum atomic E-state index is -3.63. The van der Waals surface area contributed by atoms with Crippen molar-refractivity contribution in [1.29, 1.82) is 0 Å². The van der Waals surface area contributed by atoms with Crippen molar-refractivity contribution in [3.8, 4) is 11.5 Å². The number of carbonyl (C=O) groups excluding carboxylic acids is 1. The summed E-state index contributed by atoms with van der Waals surface area (Å²) in [6.45, 7) is 5.37. The van der Waals surface area contributed by atoms with Gasteiger partial charge in [0.25, 0.3) is 0 Å². The van der Waals surface area contributed by atoms with Crippen LogP contribution in [0.15, 0.2) is 18.2 Å². The summed E-state index contributed by atoms with van der Waals surface area (Å²) in [5.74, 6) is 0.336. The SMILES string of the molecule is CC1(C)Oc2ccc(NS(=O)(=O)C3CNC(C(=O)N4CCCC4)C3)cc2O1. The molecule has 4 rings (SSSR count). The fraction of sp³-hybridized carbons (Fsp3) is 0.611. The van der Waals surface area contributed by atoms with E-state index in [0.717, 1.165) is 25.9 Å². The first-order chi connectivity index (χ1) is 12.7. The van der Waals surface area contributed by atoms with Gasteiger partial charge in [0.15, 0.2) is 11.5 Å². The quantitative estimate of drug-likeness (QED) is 0.797. The summed E-state index contributed by atoms with van der Waals surface area (Å²) in [6, 6.07) is 4.53. The van der Waals surface area contributed by atoms with Crippen LogP contribution in [0.3, 0.4) is 0 Å². The first kappa shape index (κ1) is 18.4. The fourth-order valence-corrected chi connectivity index (χ4v) is 5.20. The van der Waals surface area contributed by atoms with E-state index in [2.05, 4.69) is 10.0 Å². The molecule has 2 saturated heterocycles. The molecule has 3 aliphatic heterocycles. The second-order valence-corrected chi connectivity index (χ2v) is 9.72. The molecule has 2 unspecified atom stereocenters. The van der Waals surface area contributed by atoms with Crippen molar-refractivity contribution in [3.05, 3.63) is 18.2 Å². The van der Waals surface area contributed by atoms with Gasteiger partial charge in [-0.3, -0.25) is 9.52 Å². The number of amides is 1. The lowest BCUT2D eigenvalue weighted by atomic mass is 10.2. The molecule has 2 N–H and O–H groups in total. The number of nitrogens with zero attached hydrogens (tertiary/aromatic N) is 1. The maximum atomic E-state index is 12.8. The molecular formula is C18H25N3O5S. The molecule has 8 nitrogen and oxygen atoms in total. The number of rotatable bonds is 4. The van der Waals surface area contributed by atoms with Crippen molar-refractivity contribution >= 4 is 21.6 Å². The highest BCUT2D eigenvalue weighted by Crippen LogP contribution is 2.41. The van der Waals surface area contributed by atoms with Crippen molar-refractivity contribution in [1.82, 2.24) is 10.2 Å². The van der Waals surface area contributed by atoms with Crippen LogP contribution in [-0.2, 0) is 14.8 Å². The zero-order valence-corrected chi connectivity index (χ0v) is 16.3. The summed E-state index contributed by atoms with van der Waals surface area (Å²) < 4.78 is 39.4. The maximum absolute atomic E-state index is 12.8. The van der Waals surface area contributed by atoms with Crippen molar-refractivity contribution in [2.24, 2.45) is 0 Å². The number of sulfonamides is 1. The molecule has 1 aromatic carbocycles. The van der Waals surface area contributed by atoms with Crippen LogP contribution in [0.5, 0.6) is 11.5 Å². The summed E-state index contributed by atoms with van der Waals surface area (Å²) >= 11 is 0. The van der Waals surface area contributed by atoms with Gasteiger partial charge >= 0.3 is 0 Å². The summed E-state index contributed by atoms with van der Waals surface area (Å²) in [7, 11) is -3.63. The minimum Gasteiger partial charge on any atom is -0.449 e. The second kappa shape index (κ2) is 6.56. The van der Waals surface area contributed by atoms with E-state index >= 15 is 0 Å². The zero-order valence-electron chi connectivity index (χ0n) is 15.5. The lowest BCUT2D eigenvalue weighted by molar-refractivity contribution is -0.131. The smallest absolute Gasteiger partial charge is 0.246 e. The number of nitrogens with one attached hydrogen (secondary N) is 2. The summed E-state index contributed by atoms with van der Waals surface area (Å²) in [5.41, 5.74) is 0.421. The Balaban J connectivity index is 1.42. The Hall–Kier alpha value is -2.00. The van der Waals surface area contributed by atoms with E-state index in [1.807, 2.05) is 4.90 Å². The van der Waals surface area contributed by atoms with Gasteiger partial charge in [-0.25, -0.2) is 8.42 Å². The van der Waals surface area contributed by atoms with Crippen LogP contribution in [-0.4, -0.2) is 55.9 Å². The van der Waals surface area contributed by atoms with Crippen molar-refractivity contribution in [2.75, 3.05) is 24.4 Å². The van der Waals surface area contributed by atoms with Gasteiger partial charge in [-0.05, 0) is 31.4 Å². The molecule has 2 fully saturated rings. The molecule has 148 valence electrons. The predicted octanol–water partition coefficient (Wildman–Crippen LogP) is 1.29. The molecule has 0 saturated carbocycles. The monoisotopic (exact) mass is 395 g/mol. The van der Waals surface area contributed by atoms with Crippen LogP contribution in [0.2, 0.25) is 0 Å². The Bertz CT molecular complexity index is 849. The molecule has 0 bridgehead atoms. The number of ether oxygens (including phenoxy) is 2. The molecule has 2 atom stereocenters. The average Bonchev–Trinajstić information content (AvgIpc) is 3.32. The lowest BCUT2D eigenvalue weighted by Gasteiger charge is -2.20. The van der Waals surface area contributed by atoms with Gasteiger partial charge in [-0.15, -0.1) is 0 Å². The van der Waals surface area contributed by atoms with E-state index in [9.17, 15) is 13.2 Å². The standard InChI is InChI=1S/C18H25N3O5S/c1-18(2)25-15-6-5-12(9-16(15)26-18)20-27(23,24)13-10-14(19-11-13)17(22)21-7-3-4-8-21/h5-6,9,13-14,19-20H,3-4,7-8,10-11H2,1-2H3. The Labute approximate surface area is 159 Å². The highest BCUT2D eigenvalue weighted by atomic mass is 32.2. The van der Waals surface area contributed by atoms with Gasteiger partial charge in [0, 0.05) is 39.5 Å². The number of fused-ring (bicyclic) bond motifs is 1. The number of hydrogen-bond donors (Lipinski definition) is 2. The molecule has 0 spiro atoms. The third-order valence-electron chi connectivity index (χ3n) is 5.16. The Morgan fingerprint density at radius 2 is 1.93 bits per heavy atom. The minimum absolute atomic E-state index is 0.00973. The molecule has 3 heterocycles.